The lowest BCUT2D eigenvalue weighted by atomic mass is 10.0. The van der Waals surface area contributed by atoms with Crippen molar-refractivity contribution in [3.05, 3.63) is 83.9 Å². The van der Waals surface area contributed by atoms with Gasteiger partial charge in [0.15, 0.2) is 5.76 Å². The zero-order valence-corrected chi connectivity index (χ0v) is 15.2. The van der Waals surface area contributed by atoms with Gasteiger partial charge in [-0.2, -0.15) is 0 Å². The van der Waals surface area contributed by atoms with Crippen LogP contribution in [-0.2, 0) is 4.79 Å². The summed E-state index contributed by atoms with van der Waals surface area (Å²) < 4.78 is 5.57. The molecule has 0 unspecified atom stereocenters. The molecule has 0 aliphatic rings. The first kappa shape index (κ1) is 17.7. The van der Waals surface area contributed by atoms with Crippen LogP contribution in [0.2, 0.25) is 0 Å². The Morgan fingerprint density at radius 3 is 2.29 bits per heavy atom. The molecule has 0 bridgehead atoms. The van der Waals surface area contributed by atoms with Gasteiger partial charge >= 0.3 is 0 Å². The molecule has 4 rings (SSSR count). The van der Waals surface area contributed by atoms with E-state index >= 15 is 0 Å². The van der Waals surface area contributed by atoms with Crippen molar-refractivity contribution in [1.29, 1.82) is 0 Å². The molecule has 28 heavy (non-hydrogen) atoms. The zero-order chi connectivity index (χ0) is 19.5. The average molecular weight is 370 g/mol. The summed E-state index contributed by atoms with van der Waals surface area (Å²) in [6.07, 6.45) is 2.87. The van der Waals surface area contributed by atoms with E-state index in [1.165, 1.54) is 11.6 Å². The molecule has 0 aliphatic heterocycles. The molecule has 2 N–H and O–H groups in total. The number of fused-ring (bicyclic) bond motifs is 1. The highest BCUT2D eigenvalue weighted by Gasteiger charge is 2.11. The van der Waals surface area contributed by atoms with E-state index in [-0.39, 0.29) is 0 Å². The maximum atomic E-state index is 11.2. The molecule has 0 spiro atoms. The van der Waals surface area contributed by atoms with Gasteiger partial charge in [0.1, 0.15) is 5.52 Å². The van der Waals surface area contributed by atoms with Crippen molar-refractivity contribution in [2.24, 2.45) is 0 Å². The Hall–Kier alpha value is -3.70. The molecule has 0 saturated heterocycles. The third kappa shape index (κ3) is 3.56. The second-order valence-electron chi connectivity index (χ2n) is 6.54. The van der Waals surface area contributed by atoms with E-state index < -0.39 is 5.91 Å². The van der Waals surface area contributed by atoms with E-state index in [4.69, 9.17) is 9.73 Å². The summed E-state index contributed by atoms with van der Waals surface area (Å²) in [5, 5.41) is 13.6. The molecule has 0 saturated carbocycles. The molecule has 0 radical (unpaired) electrons. The highest BCUT2D eigenvalue weighted by molar-refractivity contribution is 5.95. The number of aryl methyl sites for hydroxylation is 1. The Morgan fingerprint density at radius 1 is 0.964 bits per heavy atom. The molecule has 138 valence electrons. The minimum absolute atomic E-state index is 0.586. The van der Waals surface area contributed by atoms with E-state index in [9.17, 15) is 4.79 Å². The van der Waals surface area contributed by atoms with Gasteiger partial charge in [-0.15, -0.1) is 0 Å². The Balaban J connectivity index is 1.67. The molecule has 1 heterocycles. The van der Waals surface area contributed by atoms with Gasteiger partial charge in [0.25, 0.3) is 5.91 Å². The lowest BCUT2D eigenvalue weighted by molar-refractivity contribution is -0.124. The fraction of sp³-hybridized carbons (Fsp3) is 0.0435. The van der Waals surface area contributed by atoms with E-state index in [1.807, 2.05) is 30.3 Å². The number of nitrogens with one attached hydrogen (secondary N) is 1. The molecule has 5 nitrogen and oxygen atoms in total. The highest BCUT2D eigenvalue weighted by atomic mass is 16.5. The van der Waals surface area contributed by atoms with Crippen molar-refractivity contribution < 1.29 is 14.5 Å². The lowest BCUT2D eigenvalue weighted by Gasteiger charge is -2.04. The maximum Gasteiger partial charge on any atom is 0.267 e. The second-order valence-corrected chi connectivity index (χ2v) is 6.54. The molecule has 1 aromatic heterocycles. The standard InChI is InChI=1S/C23H18N2O3/c1-15-2-6-17(7-3-15)18-8-10-19(11-9-18)23-20-14-16(5-13-22(26)24-27)4-12-21(20)25-28-23/h2-14,27H,1H3,(H,24,26)/b13-5+. The molecule has 0 atom stereocenters. The van der Waals surface area contributed by atoms with E-state index in [0.29, 0.717) is 5.76 Å². The number of hydrogen-bond acceptors (Lipinski definition) is 4. The van der Waals surface area contributed by atoms with Crippen LogP contribution in [0.5, 0.6) is 0 Å². The van der Waals surface area contributed by atoms with Gasteiger partial charge in [-0.05, 0) is 41.8 Å². The van der Waals surface area contributed by atoms with Crippen molar-refractivity contribution >= 4 is 22.9 Å². The van der Waals surface area contributed by atoms with Gasteiger partial charge < -0.3 is 4.52 Å². The molecular formula is C23H18N2O3. The number of amides is 1. The van der Waals surface area contributed by atoms with Crippen molar-refractivity contribution in [2.45, 2.75) is 6.92 Å². The fourth-order valence-electron chi connectivity index (χ4n) is 3.04. The summed E-state index contributed by atoms with van der Waals surface area (Å²) in [6.45, 7) is 2.07. The predicted molar refractivity (Wildman–Crippen MR) is 109 cm³/mol. The smallest absolute Gasteiger partial charge is 0.267 e. The number of rotatable bonds is 4. The van der Waals surface area contributed by atoms with E-state index in [2.05, 4.69) is 48.5 Å². The highest BCUT2D eigenvalue weighted by Crippen LogP contribution is 2.31. The number of hydroxylamine groups is 1. The first-order valence-electron chi connectivity index (χ1n) is 8.83. The van der Waals surface area contributed by atoms with Crippen molar-refractivity contribution in [3.63, 3.8) is 0 Å². The summed E-state index contributed by atoms with van der Waals surface area (Å²) in [7, 11) is 0. The molecular weight excluding hydrogens is 352 g/mol. The van der Waals surface area contributed by atoms with Crippen LogP contribution in [0, 0.1) is 6.92 Å². The fourth-order valence-corrected chi connectivity index (χ4v) is 3.04. The topological polar surface area (TPSA) is 75.4 Å². The third-order valence-corrected chi connectivity index (χ3v) is 4.57. The van der Waals surface area contributed by atoms with Gasteiger partial charge in [0.05, 0.1) is 5.39 Å². The van der Waals surface area contributed by atoms with Gasteiger partial charge in [0.2, 0.25) is 0 Å². The van der Waals surface area contributed by atoms with Crippen molar-refractivity contribution in [2.75, 3.05) is 0 Å². The monoisotopic (exact) mass is 370 g/mol. The summed E-state index contributed by atoms with van der Waals surface area (Å²) in [6, 6.07) is 22.1. The summed E-state index contributed by atoms with van der Waals surface area (Å²) in [5.41, 5.74) is 7.56. The lowest BCUT2D eigenvalue weighted by Crippen LogP contribution is -2.14. The van der Waals surface area contributed by atoms with Crippen LogP contribution in [0.4, 0.5) is 0 Å². The van der Waals surface area contributed by atoms with Crippen molar-refractivity contribution in [1.82, 2.24) is 10.6 Å². The van der Waals surface area contributed by atoms with Crippen LogP contribution in [0.15, 0.2) is 77.3 Å². The number of benzene rings is 3. The van der Waals surface area contributed by atoms with Crippen molar-refractivity contribution in [3.8, 4) is 22.5 Å². The van der Waals surface area contributed by atoms with Crippen LogP contribution in [-0.4, -0.2) is 16.3 Å². The van der Waals surface area contributed by atoms with E-state index in [0.717, 1.165) is 33.2 Å². The predicted octanol–water partition coefficient (Wildman–Crippen LogP) is 4.99. The number of nitrogens with zero attached hydrogens (tertiary/aromatic N) is 1. The minimum Gasteiger partial charge on any atom is -0.355 e. The van der Waals surface area contributed by atoms with Gasteiger partial charge in [-0.1, -0.05) is 65.3 Å². The van der Waals surface area contributed by atoms with E-state index in [1.54, 1.807) is 11.6 Å². The van der Waals surface area contributed by atoms with Gasteiger partial charge in [-0.3, -0.25) is 10.0 Å². The first-order valence-corrected chi connectivity index (χ1v) is 8.83. The quantitative estimate of drug-likeness (QED) is 0.301. The average Bonchev–Trinajstić information content (AvgIpc) is 3.16. The van der Waals surface area contributed by atoms with Crippen LogP contribution in [0.3, 0.4) is 0 Å². The Kier molecular flexibility index (Phi) is 4.74. The SMILES string of the molecule is Cc1ccc(-c2ccc(-c3onc4ccc(/C=C/C(=O)NO)cc34)cc2)cc1. The minimum atomic E-state index is -0.586. The third-order valence-electron chi connectivity index (χ3n) is 4.57. The summed E-state index contributed by atoms with van der Waals surface area (Å²) >= 11 is 0. The number of carbonyl (C=O) groups excluding carboxylic acids is 1. The molecule has 4 aromatic rings. The first-order chi connectivity index (χ1) is 13.6. The molecule has 5 heteroatoms. The molecule has 0 fully saturated rings. The van der Waals surface area contributed by atoms with Crippen LogP contribution >= 0.6 is 0 Å². The number of carbonyl (C=O) groups is 1. The molecule has 0 aliphatic carbocycles. The van der Waals surface area contributed by atoms with Crippen LogP contribution in [0.1, 0.15) is 11.1 Å². The summed E-state index contributed by atoms with van der Waals surface area (Å²) in [4.78, 5) is 11.2. The molecule has 3 aromatic carbocycles. The second kappa shape index (κ2) is 7.50. The Bertz CT molecular complexity index is 1160. The number of aromatic nitrogens is 1. The molecule has 1 amide bonds. The van der Waals surface area contributed by atoms with Crippen LogP contribution in [0.25, 0.3) is 39.4 Å². The Labute approximate surface area is 161 Å². The normalized spacial score (nSPS) is 11.2. The van der Waals surface area contributed by atoms with Gasteiger partial charge in [-0.25, -0.2) is 5.48 Å². The summed E-state index contributed by atoms with van der Waals surface area (Å²) in [5.74, 6) is 0.0876. The van der Waals surface area contributed by atoms with Gasteiger partial charge in [0, 0.05) is 11.6 Å². The number of hydrogen-bond donors (Lipinski definition) is 2. The Morgan fingerprint density at radius 2 is 1.61 bits per heavy atom. The largest absolute Gasteiger partial charge is 0.355 e. The zero-order valence-electron chi connectivity index (χ0n) is 15.2. The maximum absolute atomic E-state index is 11.2. The van der Waals surface area contributed by atoms with Crippen LogP contribution < -0.4 is 5.48 Å².